The number of nitrogens with two attached hydrogens (primary N) is 2. The number of hydrogen-bond donors (Lipinski definition) is 4. The van der Waals surface area contributed by atoms with Gasteiger partial charge in [0.05, 0.1) is 31.5 Å². The van der Waals surface area contributed by atoms with E-state index in [-0.39, 0.29) is 29.7 Å². The van der Waals surface area contributed by atoms with Crippen LogP contribution >= 0.6 is 0 Å². The number of carbonyl (C=O) groups excluding carboxylic acids is 2. The van der Waals surface area contributed by atoms with Gasteiger partial charge in [0.15, 0.2) is 0 Å². The van der Waals surface area contributed by atoms with E-state index in [1.54, 1.807) is 0 Å². The normalized spacial score (nSPS) is 33.9. The number of ether oxygens (including phenoxy) is 1. The van der Waals surface area contributed by atoms with Crippen molar-refractivity contribution in [3.63, 3.8) is 0 Å². The Morgan fingerprint density at radius 2 is 1.84 bits per heavy atom. The van der Waals surface area contributed by atoms with Crippen molar-refractivity contribution in [3.05, 3.63) is 4.85 Å². The molecule has 43 heavy (non-hydrogen) atoms. The second-order valence-electron chi connectivity index (χ2n) is 13.1. The van der Waals surface area contributed by atoms with Crippen molar-refractivity contribution in [2.75, 3.05) is 52.5 Å². The lowest BCUT2D eigenvalue weighted by Gasteiger charge is -2.45. The van der Waals surface area contributed by atoms with Crippen molar-refractivity contribution in [3.8, 4) is 6.07 Å². The molecule has 2 amide bonds. The maximum atomic E-state index is 15.5. The molecule has 3 fully saturated rings. The molecule has 12 heteroatoms. The molecule has 4 heterocycles. The average Bonchev–Trinajstić information content (AvgIpc) is 3.07. The van der Waals surface area contributed by atoms with E-state index in [2.05, 4.69) is 40.3 Å². The number of carbonyl (C=O) groups is 2. The molecule has 0 aromatic heterocycles. The molecular formula is C31H54F2N7O3+. The van der Waals surface area contributed by atoms with Gasteiger partial charge in [-0.3, -0.25) is 14.5 Å². The summed E-state index contributed by atoms with van der Waals surface area (Å²) in [5.41, 5.74) is 12.4. The Morgan fingerprint density at radius 3 is 2.49 bits per heavy atom. The quantitative estimate of drug-likeness (QED) is 0.294. The summed E-state index contributed by atoms with van der Waals surface area (Å²) in [6, 6.07) is 0.940. The number of halogens is 2. The van der Waals surface area contributed by atoms with Crippen LogP contribution < -0.4 is 22.1 Å². The third kappa shape index (κ3) is 8.63. The van der Waals surface area contributed by atoms with Gasteiger partial charge in [0.25, 0.3) is 6.04 Å². The van der Waals surface area contributed by atoms with Crippen molar-refractivity contribution in [2.24, 2.45) is 28.7 Å². The summed E-state index contributed by atoms with van der Waals surface area (Å²) in [7, 11) is 0. The van der Waals surface area contributed by atoms with Gasteiger partial charge in [-0.15, -0.1) is 0 Å². The largest absolute Gasteiger partial charge is 0.378 e. The highest BCUT2D eigenvalue weighted by atomic mass is 19.1. The van der Waals surface area contributed by atoms with E-state index in [4.69, 9.17) is 16.2 Å². The number of likely N-dealkylation sites (tertiary alicyclic amines) is 1. The van der Waals surface area contributed by atoms with Gasteiger partial charge in [0.1, 0.15) is 12.1 Å². The molecule has 7 atom stereocenters. The Bertz CT molecular complexity index is 980. The summed E-state index contributed by atoms with van der Waals surface area (Å²) >= 11 is 0. The third-order valence-corrected chi connectivity index (χ3v) is 10.3. The fourth-order valence-electron chi connectivity index (χ4n) is 7.81. The number of amides is 2. The van der Waals surface area contributed by atoms with Crippen LogP contribution in [-0.2, 0) is 14.3 Å². The summed E-state index contributed by atoms with van der Waals surface area (Å²) < 4.78 is 35.5. The Hall–Kier alpha value is -1.91. The standard InChI is InChI=1S/C31H53F2N7O3/c1-3-9-31(4-2)10-5-6-22(32)18-37-24(17-31)26(28(34)35)29(41)38-25-20-36-19-23(33)27(25)39-11-7-21(8-12-39)30(42)40-13-15-43-16-14-40/h21-28,36H,3-17,19-20,34-35H2,1-2H3/p+1. The Labute approximate surface area is 255 Å². The Kier molecular flexibility index (Phi) is 12.6. The minimum Gasteiger partial charge on any atom is -0.378 e. The molecule has 0 radical (unpaired) electrons. The van der Waals surface area contributed by atoms with Crippen LogP contribution in [-0.4, -0.2) is 111 Å². The first-order chi connectivity index (χ1) is 20.7. The average molecular weight is 611 g/mol. The molecular weight excluding hydrogens is 556 g/mol. The van der Waals surface area contributed by atoms with E-state index in [0.29, 0.717) is 71.6 Å². The van der Waals surface area contributed by atoms with Gasteiger partial charge in [-0.05, 0) is 57.0 Å². The maximum Gasteiger partial charge on any atom is 0.311 e. The smallest absolute Gasteiger partial charge is 0.311 e. The minimum atomic E-state index is -1.30. The molecule has 10 nitrogen and oxygen atoms in total. The zero-order valence-electron chi connectivity index (χ0n) is 26.1. The molecule has 3 saturated heterocycles. The van der Waals surface area contributed by atoms with Crippen molar-refractivity contribution in [2.45, 2.75) is 108 Å². The molecule has 0 aliphatic carbocycles. The number of morpholine rings is 1. The lowest BCUT2D eigenvalue weighted by Crippen LogP contribution is -2.67. The van der Waals surface area contributed by atoms with Crippen molar-refractivity contribution in [1.82, 2.24) is 20.4 Å². The lowest BCUT2D eigenvalue weighted by atomic mass is 9.70. The predicted octanol–water partition coefficient (Wildman–Crippen LogP) is 2.02. The van der Waals surface area contributed by atoms with Crippen LogP contribution in [0.15, 0.2) is 0 Å². The molecule has 0 spiro atoms. The van der Waals surface area contributed by atoms with E-state index in [0.717, 1.165) is 32.1 Å². The molecule has 0 bridgehead atoms. The fraction of sp³-hybridized carbons (Fsp3) is 0.903. The Balaban J connectivity index is 1.47. The molecule has 0 aromatic rings. The SMILES string of the molecule is CCCC1(CC)CCCC(F)C#[N+]C(C(C(=O)NC2CNCC(F)C2N2CCC(C(=O)N3CCOCC3)CC2)C(N)N)C1. The van der Waals surface area contributed by atoms with E-state index < -0.39 is 42.6 Å². The second-order valence-corrected chi connectivity index (χ2v) is 13.1. The molecule has 4 aliphatic heterocycles. The van der Waals surface area contributed by atoms with Crippen LogP contribution in [0, 0.1) is 23.3 Å². The first-order valence-corrected chi connectivity index (χ1v) is 16.5. The summed E-state index contributed by atoms with van der Waals surface area (Å²) in [5.74, 6) is -1.22. The third-order valence-electron chi connectivity index (χ3n) is 10.3. The topological polar surface area (TPSA) is 130 Å². The van der Waals surface area contributed by atoms with Gasteiger partial charge < -0.3 is 31.7 Å². The number of piperidine rings is 2. The molecule has 244 valence electrons. The van der Waals surface area contributed by atoms with Gasteiger partial charge in [-0.2, -0.15) is 0 Å². The van der Waals surface area contributed by atoms with Crippen molar-refractivity contribution in [1.29, 1.82) is 0 Å². The van der Waals surface area contributed by atoms with Gasteiger partial charge in [0.2, 0.25) is 18.0 Å². The molecule has 0 aromatic carbocycles. The van der Waals surface area contributed by atoms with Crippen LogP contribution in [0.1, 0.15) is 71.6 Å². The Morgan fingerprint density at radius 1 is 1.12 bits per heavy atom. The van der Waals surface area contributed by atoms with Gasteiger partial charge in [0, 0.05) is 38.5 Å². The van der Waals surface area contributed by atoms with E-state index in [1.807, 2.05) is 4.90 Å². The number of hydrogen-bond acceptors (Lipinski definition) is 7. The summed E-state index contributed by atoms with van der Waals surface area (Å²) in [4.78, 5) is 35.4. The van der Waals surface area contributed by atoms with Crippen molar-refractivity contribution < 1.29 is 23.1 Å². The molecule has 4 rings (SSSR count). The lowest BCUT2D eigenvalue weighted by molar-refractivity contribution is -0.141. The van der Waals surface area contributed by atoms with Gasteiger partial charge >= 0.3 is 6.07 Å². The first-order valence-electron chi connectivity index (χ1n) is 16.5. The summed E-state index contributed by atoms with van der Waals surface area (Å²) in [5, 5.41) is 6.20. The number of alkyl halides is 2. The molecule has 4 aliphatic rings. The number of rotatable bonds is 9. The second kappa shape index (κ2) is 15.9. The molecule has 0 saturated carbocycles. The molecule has 7 unspecified atom stereocenters. The van der Waals surface area contributed by atoms with Crippen LogP contribution in [0.2, 0.25) is 0 Å². The predicted molar refractivity (Wildman–Crippen MR) is 163 cm³/mol. The summed E-state index contributed by atoms with van der Waals surface area (Å²) in [6.45, 7) is 8.38. The molecule has 6 N–H and O–H groups in total. The van der Waals surface area contributed by atoms with E-state index >= 15 is 4.39 Å². The first kappa shape index (κ1) is 34.0. The van der Waals surface area contributed by atoms with Crippen LogP contribution in [0.5, 0.6) is 0 Å². The van der Waals surface area contributed by atoms with E-state index in [1.165, 1.54) is 0 Å². The van der Waals surface area contributed by atoms with Crippen LogP contribution in [0.25, 0.3) is 4.85 Å². The number of nitrogens with one attached hydrogen (secondary N) is 2. The summed E-state index contributed by atoms with van der Waals surface area (Å²) in [6.07, 6.45) is 3.10. The van der Waals surface area contributed by atoms with E-state index in [9.17, 15) is 14.0 Å². The highest BCUT2D eigenvalue weighted by Gasteiger charge is 2.48. The van der Waals surface area contributed by atoms with Crippen molar-refractivity contribution >= 4 is 11.8 Å². The van der Waals surface area contributed by atoms with Crippen LogP contribution in [0.3, 0.4) is 0 Å². The fourth-order valence-corrected chi connectivity index (χ4v) is 7.81. The number of nitrogens with zero attached hydrogens (tertiary/aromatic N) is 3. The zero-order valence-corrected chi connectivity index (χ0v) is 26.1. The van der Waals surface area contributed by atoms with Crippen LogP contribution in [0.4, 0.5) is 8.78 Å². The highest BCUT2D eigenvalue weighted by Crippen LogP contribution is 2.42. The maximum absolute atomic E-state index is 15.5. The highest BCUT2D eigenvalue weighted by molar-refractivity contribution is 5.81. The minimum absolute atomic E-state index is 0.0828. The van der Waals surface area contributed by atoms with Gasteiger partial charge in [-0.1, -0.05) is 31.5 Å². The zero-order chi connectivity index (χ0) is 31.0. The monoisotopic (exact) mass is 610 g/mol. The van der Waals surface area contributed by atoms with Gasteiger partial charge in [-0.25, -0.2) is 8.78 Å².